The Labute approximate surface area is 95.4 Å². The van der Waals surface area contributed by atoms with Crippen LogP contribution in [0.5, 0.6) is 5.88 Å². The van der Waals surface area contributed by atoms with E-state index in [4.69, 9.17) is 4.74 Å². The fourth-order valence-electron chi connectivity index (χ4n) is 1.11. The van der Waals surface area contributed by atoms with Crippen LogP contribution in [0.2, 0.25) is 0 Å². The Balaban J connectivity index is 2.34. The van der Waals surface area contributed by atoms with Crippen LogP contribution in [0.4, 0.5) is 0 Å². The minimum Gasteiger partial charge on any atom is -0.481 e. The summed E-state index contributed by atoms with van der Waals surface area (Å²) in [5.74, 6) is 0.648. The summed E-state index contributed by atoms with van der Waals surface area (Å²) in [5, 5.41) is 3.05. The average molecular weight is 223 g/mol. The molecule has 0 radical (unpaired) electrons. The number of methoxy groups -OCH3 is 1. The summed E-state index contributed by atoms with van der Waals surface area (Å²) in [4.78, 5) is 16.9. The Morgan fingerprint density at radius 2 is 2.25 bits per heavy atom. The molecule has 0 atom stereocenters. The Kier molecular flexibility index (Phi) is 4.72. The zero-order valence-corrected chi connectivity index (χ0v) is 9.86. The maximum Gasteiger partial charge on any atom is 0.236 e. The third-order valence-corrected chi connectivity index (χ3v) is 2.11. The molecule has 1 rings (SSSR count). The second-order valence-corrected chi connectivity index (χ2v) is 3.60. The van der Waals surface area contributed by atoms with Crippen LogP contribution in [0.3, 0.4) is 0 Å². The predicted octanol–water partition coefficient (Wildman–Crippen LogP) is 0.268. The molecule has 1 amide bonds. The molecule has 0 aliphatic carbocycles. The molecule has 0 bridgehead atoms. The number of hydrogen-bond donors (Lipinski definition) is 1. The van der Waals surface area contributed by atoms with Crippen molar-refractivity contribution in [2.45, 2.75) is 6.54 Å². The smallest absolute Gasteiger partial charge is 0.236 e. The monoisotopic (exact) mass is 223 g/mol. The molecule has 1 aromatic rings. The van der Waals surface area contributed by atoms with Gasteiger partial charge in [-0.2, -0.15) is 0 Å². The first-order valence-corrected chi connectivity index (χ1v) is 5.03. The van der Waals surface area contributed by atoms with Gasteiger partial charge in [0.25, 0.3) is 0 Å². The van der Waals surface area contributed by atoms with Crippen molar-refractivity contribution < 1.29 is 9.53 Å². The van der Waals surface area contributed by atoms with Gasteiger partial charge in [-0.1, -0.05) is 6.07 Å². The molecule has 88 valence electrons. The number of hydrogen-bond acceptors (Lipinski definition) is 4. The molecule has 0 aliphatic heterocycles. The molecule has 0 unspecified atom stereocenters. The summed E-state index contributed by atoms with van der Waals surface area (Å²) >= 11 is 0. The lowest BCUT2D eigenvalue weighted by Crippen LogP contribution is -2.32. The lowest BCUT2D eigenvalue weighted by molar-refractivity contribution is -0.127. The SMILES string of the molecule is COc1ccc(CNCC(=O)N(C)C)cn1. The quantitative estimate of drug-likeness (QED) is 0.778. The normalized spacial score (nSPS) is 9.94. The molecule has 16 heavy (non-hydrogen) atoms. The molecule has 0 aromatic carbocycles. The van der Waals surface area contributed by atoms with Crippen molar-refractivity contribution in [3.05, 3.63) is 23.9 Å². The fourth-order valence-corrected chi connectivity index (χ4v) is 1.11. The molecule has 0 spiro atoms. The van der Waals surface area contributed by atoms with Gasteiger partial charge in [0, 0.05) is 32.9 Å². The van der Waals surface area contributed by atoms with E-state index in [0.29, 0.717) is 19.0 Å². The topological polar surface area (TPSA) is 54.5 Å². The van der Waals surface area contributed by atoms with Gasteiger partial charge in [0.1, 0.15) is 0 Å². The van der Waals surface area contributed by atoms with Gasteiger partial charge >= 0.3 is 0 Å². The molecule has 0 saturated heterocycles. The minimum atomic E-state index is 0.0569. The third-order valence-electron chi connectivity index (χ3n) is 2.11. The number of likely N-dealkylation sites (N-methyl/N-ethyl adjacent to an activating group) is 1. The van der Waals surface area contributed by atoms with Crippen LogP contribution in [-0.4, -0.2) is 43.5 Å². The van der Waals surface area contributed by atoms with Gasteiger partial charge in [-0.25, -0.2) is 4.98 Å². The van der Waals surface area contributed by atoms with E-state index in [1.807, 2.05) is 6.07 Å². The standard InChI is InChI=1S/C11H17N3O2/c1-14(2)11(15)8-12-6-9-4-5-10(16-3)13-7-9/h4-5,7,12H,6,8H2,1-3H3. The van der Waals surface area contributed by atoms with Crippen molar-refractivity contribution in [3.8, 4) is 5.88 Å². The Bertz CT molecular complexity index is 336. The first-order chi connectivity index (χ1) is 7.63. The average Bonchev–Trinajstić information content (AvgIpc) is 2.29. The van der Waals surface area contributed by atoms with Gasteiger partial charge in [0.2, 0.25) is 11.8 Å². The lowest BCUT2D eigenvalue weighted by atomic mass is 10.3. The summed E-state index contributed by atoms with van der Waals surface area (Å²) in [6, 6.07) is 3.71. The Hall–Kier alpha value is -1.62. The third kappa shape index (κ3) is 3.86. The highest BCUT2D eigenvalue weighted by Crippen LogP contribution is 2.05. The van der Waals surface area contributed by atoms with E-state index in [9.17, 15) is 4.79 Å². The molecule has 5 nitrogen and oxygen atoms in total. The minimum absolute atomic E-state index is 0.0569. The summed E-state index contributed by atoms with van der Waals surface area (Å²) < 4.78 is 4.95. The second-order valence-electron chi connectivity index (χ2n) is 3.60. The molecule has 1 aromatic heterocycles. The Morgan fingerprint density at radius 1 is 1.50 bits per heavy atom. The van der Waals surface area contributed by atoms with Crippen LogP contribution in [0, 0.1) is 0 Å². The van der Waals surface area contributed by atoms with Gasteiger partial charge in [0.05, 0.1) is 13.7 Å². The van der Waals surface area contributed by atoms with Crippen molar-refractivity contribution >= 4 is 5.91 Å². The van der Waals surface area contributed by atoms with E-state index in [-0.39, 0.29) is 5.91 Å². The van der Waals surface area contributed by atoms with Crippen molar-refractivity contribution in [2.75, 3.05) is 27.7 Å². The number of ether oxygens (including phenoxy) is 1. The molecule has 1 N–H and O–H groups in total. The number of rotatable bonds is 5. The van der Waals surface area contributed by atoms with Crippen molar-refractivity contribution in [1.29, 1.82) is 0 Å². The van der Waals surface area contributed by atoms with Crippen LogP contribution in [0.15, 0.2) is 18.3 Å². The number of nitrogens with zero attached hydrogens (tertiary/aromatic N) is 2. The zero-order valence-electron chi connectivity index (χ0n) is 9.86. The molecule has 0 fully saturated rings. The first-order valence-electron chi connectivity index (χ1n) is 5.03. The summed E-state index contributed by atoms with van der Waals surface area (Å²) in [5.41, 5.74) is 1.02. The van der Waals surface area contributed by atoms with E-state index in [0.717, 1.165) is 5.56 Å². The molecule has 0 saturated carbocycles. The number of carbonyl (C=O) groups is 1. The van der Waals surface area contributed by atoms with Crippen LogP contribution in [-0.2, 0) is 11.3 Å². The van der Waals surface area contributed by atoms with Crippen LogP contribution >= 0.6 is 0 Å². The predicted molar refractivity (Wildman–Crippen MR) is 61.2 cm³/mol. The highest BCUT2D eigenvalue weighted by Gasteiger charge is 2.02. The van der Waals surface area contributed by atoms with Crippen LogP contribution in [0.25, 0.3) is 0 Å². The Morgan fingerprint density at radius 3 is 2.75 bits per heavy atom. The maximum atomic E-state index is 11.3. The highest BCUT2D eigenvalue weighted by molar-refractivity contribution is 5.77. The van der Waals surface area contributed by atoms with Gasteiger partial charge < -0.3 is 15.0 Å². The van der Waals surface area contributed by atoms with Crippen LogP contribution < -0.4 is 10.1 Å². The summed E-state index contributed by atoms with van der Waals surface area (Å²) in [7, 11) is 5.05. The molecular formula is C11H17N3O2. The largest absolute Gasteiger partial charge is 0.481 e. The van der Waals surface area contributed by atoms with E-state index in [2.05, 4.69) is 10.3 Å². The van der Waals surface area contributed by atoms with Gasteiger partial charge in [0.15, 0.2) is 0 Å². The molecule has 5 heteroatoms. The summed E-state index contributed by atoms with van der Waals surface area (Å²) in [6.07, 6.45) is 1.73. The highest BCUT2D eigenvalue weighted by atomic mass is 16.5. The lowest BCUT2D eigenvalue weighted by Gasteiger charge is -2.10. The number of amides is 1. The van der Waals surface area contributed by atoms with Crippen molar-refractivity contribution in [3.63, 3.8) is 0 Å². The van der Waals surface area contributed by atoms with E-state index in [1.54, 1.807) is 38.4 Å². The maximum absolute atomic E-state index is 11.3. The second kappa shape index (κ2) is 6.07. The van der Waals surface area contributed by atoms with Gasteiger partial charge in [-0.3, -0.25) is 4.79 Å². The molecule has 0 aliphatic rings. The van der Waals surface area contributed by atoms with Crippen molar-refractivity contribution in [1.82, 2.24) is 15.2 Å². The number of nitrogens with one attached hydrogen (secondary N) is 1. The first kappa shape index (κ1) is 12.4. The molecule has 1 heterocycles. The van der Waals surface area contributed by atoms with Crippen LogP contribution in [0.1, 0.15) is 5.56 Å². The zero-order chi connectivity index (χ0) is 12.0. The summed E-state index contributed by atoms with van der Waals surface area (Å²) in [6.45, 7) is 0.954. The van der Waals surface area contributed by atoms with E-state index >= 15 is 0 Å². The van der Waals surface area contributed by atoms with Crippen molar-refractivity contribution in [2.24, 2.45) is 0 Å². The number of pyridine rings is 1. The van der Waals surface area contributed by atoms with Gasteiger partial charge in [-0.15, -0.1) is 0 Å². The fraction of sp³-hybridized carbons (Fsp3) is 0.455. The van der Waals surface area contributed by atoms with E-state index < -0.39 is 0 Å². The van der Waals surface area contributed by atoms with E-state index in [1.165, 1.54) is 0 Å². The number of carbonyl (C=O) groups excluding carboxylic acids is 1. The number of aromatic nitrogens is 1. The molecular weight excluding hydrogens is 206 g/mol. The van der Waals surface area contributed by atoms with Gasteiger partial charge in [-0.05, 0) is 5.56 Å².